The van der Waals surface area contributed by atoms with Crippen molar-refractivity contribution in [1.82, 2.24) is 0 Å². The van der Waals surface area contributed by atoms with Crippen molar-refractivity contribution in [2.75, 3.05) is 0 Å². The van der Waals surface area contributed by atoms with Gasteiger partial charge in [-0.2, -0.15) is 0 Å². The summed E-state index contributed by atoms with van der Waals surface area (Å²) in [5.41, 5.74) is 5.29. The third-order valence-corrected chi connectivity index (χ3v) is 4.05. The molecule has 2 aromatic rings. The summed E-state index contributed by atoms with van der Waals surface area (Å²) in [4.78, 5) is 0. The van der Waals surface area contributed by atoms with Gasteiger partial charge in [0.2, 0.25) is 0 Å². The minimum atomic E-state index is -0.0783. The number of fused-ring (bicyclic) bond motifs is 1. The van der Waals surface area contributed by atoms with Crippen LogP contribution in [0.3, 0.4) is 0 Å². The maximum absolute atomic E-state index is 14.3. The van der Waals surface area contributed by atoms with Crippen LogP contribution in [-0.4, -0.2) is 0 Å². The lowest BCUT2D eigenvalue weighted by molar-refractivity contribution is 0.622. The molecular formula is C19H23F. The van der Waals surface area contributed by atoms with Crippen LogP contribution < -0.4 is 0 Å². The van der Waals surface area contributed by atoms with E-state index in [0.717, 1.165) is 23.1 Å². The van der Waals surface area contributed by atoms with Gasteiger partial charge in [0.25, 0.3) is 0 Å². The van der Waals surface area contributed by atoms with E-state index in [-0.39, 0.29) is 5.82 Å². The maximum atomic E-state index is 14.3. The predicted molar refractivity (Wildman–Crippen MR) is 84.7 cm³/mol. The van der Waals surface area contributed by atoms with E-state index in [1.54, 1.807) is 0 Å². The van der Waals surface area contributed by atoms with E-state index in [2.05, 4.69) is 25.1 Å². The number of benzene rings is 2. The number of halogens is 1. The lowest BCUT2D eigenvalue weighted by atomic mass is 9.94. The Morgan fingerprint density at radius 2 is 1.65 bits per heavy atom. The summed E-state index contributed by atoms with van der Waals surface area (Å²) in [7, 11) is 0. The standard InChI is InChI=1S/C17H17F.C2H6/c1-11-9-10-15-13(11)6-4-7-14(15)16-8-3-5-12(2)17(16)18;1-2/h3-8,11H,9-10H2,1-2H3;1-2H3/t11-;/m0./s1. The molecule has 0 saturated heterocycles. The molecule has 2 aromatic carbocycles. The van der Waals surface area contributed by atoms with Crippen LogP contribution >= 0.6 is 0 Å². The molecule has 0 aromatic heterocycles. The highest BCUT2D eigenvalue weighted by Gasteiger charge is 2.22. The normalized spacial score (nSPS) is 16.4. The van der Waals surface area contributed by atoms with Gasteiger partial charge < -0.3 is 0 Å². The van der Waals surface area contributed by atoms with Crippen LogP contribution in [0.15, 0.2) is 36.4 Å². The smallest absolute Gasteiger partial charge is 0.133 e. The summed E-state index contributed by atoms with van der Waals surface area (Å²) in [6, 6.07) is 11.9. The Labute approximate surface area is 121 Å². The molecule has 0 heterocycles. The largest absolute Gasteiger partial charge is 0.206 e. The molecule has 0 fully saturated rings. The van der Waals surface area contributed by atoms with Gasteiger partial charge in [0.1, 0.15) is 5.82 Å². The molecule has 3 rings (SSSR count). The molecule has 0 nitrogen and oxygen atoms in total. The zero-order chi connectivity index (χ0) is 14.7. The first kappa shape index (κ1) is 14.8. The van der Waals surface area contributed by atoms with Crippen LogP contribution in [-0.2, 0) is 6.42 Å². The quantitative estimate of drug-likeness (QED) is 0.607. The van der Waals surface area contributed by atoms with Gasteiger partial charge in [-0.1, -0.05) is 57.2 Å². The van der Waals surface area contributed by atoms with Gasteiger partial charge in [-0.15, -0.1) is 0 Å². The van der Waals surface area contributed by atoms with Crippen molar-refractivity contribution in [3.05, 3.63) is 58.9 Å². The molecule has 106 valence electrons. The van der Waals surface area contributed by atoms with Crippen molar-refractivity contribution in [2.24, 2.45) is 0 Å². The highest BCUT2D eigenvalue weighted by atomic mass is 19.1. The summed E-state index contributed by atoms with van der Waals surface area (Å²) in [6.45, 7) is 8.08. The fraction of sp³-hybridized carbons (Fsp3) is 0.368. The molecule has 0 amide bonds. The minimum Gasteiger partial charge on any atom is -0.206 e. The summed E-state index contributed by atoms with van der Waals surface area (Å²) in [6.07, 6.45) is 2.25. The van der Waals surface area contributed by atoms with Gasteiger partial charge in [-0.3, -0.25) is 0 Å². The van der Waals surface area contributed by atoms with Crippen molar-refractivity contribution < 1.29 is 4.39 Å². The third kappa shape index (κ3) is 2.49. The number of rotatable bonds is 1. The van der Waals surface area contributed by atoms with Gasteiger partial charge >= 0.3 is 0 Å². The van der Waals surface area contributed by atoms with E-state index in [9.17, 15) is 4.39 Å². The Balaban J connectivity index is 0.000000704. The molecule has 0 bridgehead atoms. The van der Waals surface area contributed by atoms with E-state index in [1.165, 1.54) is 17.5 Å². The summed E-state index contributed by atoms with van der Waals surface area (Å²) < 4.78 is 14.3. The zero-order valence-electron chi connectivity index (χ0n) is 12.8. The van der Waals surface area contributed by atoms with Crippen molar-refractivity contribution in [3.63, 3.8) is 0 Å². The molecule has 0 spiro atoms. The van der Waals surface area contributed by atoms with Crippen molar-refractivity contribution >= 4 is 0 Å². The third-order valence-electron chi connectivity index (χ3n) is 4.05. The highest BCUT2D eigenvalue weighted by Crippen LogP contribution is 2.39. The van der Waals surface area contributed by atoms with Gasteiger partial charge in [-0.25, -0.2) is 4.39 Å². The first-order valence-electron chi connectivity index (χ1n) is 7.55. The second kappa shape index (κ2) is 6.21. The van der Waals surface area contributed by atoms with Crippen molar-refractivity contribution in [3.8, 4) is 11.1 Å². The van der Waals surface area contributed by atoms with E-state index < -0.39 is 0 Å². The van der Waals surface area contributed by atoms with E-state index in [0.29, 0.717) is 5.92 Å². The van der Waals surface area contributed by atoms with Gasteiger partial charge in [-0.05, 0) is 47.9 Å². The summed E-state index contributed by atoms with van der Waals surface area (Å²) in [5.74, 6) is 0.526. The Bertz CT molecular complexity index is 599. The monoisotopic (exact) mass is 270 g/mol. The van der Waals surface area contributed by atoms with Crippen LogP contribution in [0.5, 0.6) is 0 Å². The Morgan fingerprint density at radius 3 is 2.40 bits per heavy atom. The molecule has 0 radical (unpaired) electrons. The maximum Gasteiger partial charge on any atom is 0.133 e. The molecule has 1 aliphatic rings. The van der Waals surface area contributed by atoms with Crippen LogP contribution in [0.4, 0.5) is 4.39 Å². The average Bonchev–Trinajstić information content (AvgIpc) is 2.86. The second-order valence-corrected chi connectivity index (χ2v) is 5.25. The molecule has 0 saturated carbocycles. The highest BCUT2D eigenvalue weighted by molar-refractivity contribution is 5.71. The number of hydrogen-bond donors (Lipinski definition) is 0. The van der Waals surface area contributed by atoms with Crippen LogP contribution in [0.1, 0.15) is 49.8 Å². The van der Waals surface area contributed by atoms with Crippen molar-refractivity contribution in [1.29, 1.82) is 0 Å². The summed E-state index contributed by atoms with van der Waals surface area (Å²) >= 11 is 0. The lowest BCUT2D eigenvalue weighted by Crippen LogP contribution is -1.93. The van der Waals surface area contributed by atoms with Crippen LogP contribution in [0.2, 0.25) is 0 Å². The molecule has 0 unspecified atom stereocenters. The SMILES string of the molecule is CC.Cc1cccc(-c2cccc3c2CC[C@@H]3C)c1F. The van der Waals surface area contributed by atoms with Crippen LogP contribution in [0, 0.1) is 12.7 Å². The molecule has 0 N–H and O–H groups in total. The lowest BCUT2D eigenvalue weighted by Gasteiger charge is -2.11. The molecule has 20 heavy (non-hydrogen) atoms. The first-order chi connectivity index (χ1) is 9.68. The number of aryl methyl sites for hydroxylation is 1. The Morgan fingerprint density at radius 1 is 1.00 bits per heavy atom. The second-order valence-electron chi connectivity index (χ2n) is 5.25. The predicted octanol–water partition coefficient (Wildman–Crippen LogP) is 5.88. The number of hydrogen-bond acceptors (Lipinski definition) is 0. The molecule has 1 atom stereocenters. The molecule has 1 heteroatoms. The van der Waals surface area contributed by atoms with E-state index in [4.69, 9.17) is 0 Å². The van der Waals surface area contributed by atoms with Gasteiger partial charge in [0, 0.05) is 5.56 Å². The first-order valence-corrected chi connectivity index (χ1v) is 7.55. The fourth-order valence-electron chi connectivity index (χ4n) is 2.97. The Kier molecular flexibility index (Phi) is 4.59. The fourth-order valence-corrected chi connectivity index (χ4v) is 2.97. The van der Waals surface area contributed by atoms with Gasteiger partial charge in [0.05, 0.1) is 0 Å². The Hall–Kier alpha value is -1.63. The van der Waals surface area contributed by atoms with Crippen LogP contribution in [0.25, 0.3) is 11.1 Å². The average molecular weight is 270 g/mol. The minimum absolute atomic E-state index is 0.0783. The molecular weight excluding hydrogens is 247 g/mol. The molecule has 1 aliphatic carbocycles. The van der Waals surface area contributed by atoms with Gasteiger partial charge in [0.15, 0.2) is 0 Å². The van der Waals surface area contributed by atoms with E-state index >= 15 is 0 Å². The zero-order valence-corrected chi connectivity index (χ0v) is 12.8. The van der Waals surface area contributed by atoms with Crippen molar-refractivity contribution in [2.45, 2.75) is 46.5 Å². The summed E-state index contributed by atoms with van der Waals surface area (Å²) in [5, 5.41) is 0. The van der Waals surface area contributed by atoms with E-state index in [1.807, 2.05) is 39.0 Å². The topological polar surface area (TPSA) is 0 Å². The molecule has 0 aliphatic heterocycles.